The molecular weight excluding hydrogens is 424 g/mol. The van der Waals surface area contributed by atoms with Crippen LogP contribution in [0.2, 0.25) is 0 Å². The van der Waals surface area contributed by atoms with E-state index in [0.29, 0.717) is 22.6 Å². The topological polar surface area (TPSA) is 55.8 Å². The average molecular weight is 448 g/mol. The lowest BCUT2D eigenvalue weighted by Crippen LogP contribution is -2.34. The summed E-state index contributed by atoms with van der Waals surface area (Å²) in [4.78, 5) is -0.109. The number of sulfonamides is 1. The molecule has 0 aliphatic carbocycles. The quantitative estimate of drug-likeness (QED) is 0.497. The third-order valence-corrected chi connectivity index (χ3v) is 6.93. The van der Waals surface area contributed by atoms with E-state index in [-0.39, 0.29) is 10.6 Å². The second kappa shape index (κ2) is 8.93. The summed E-state index contributed by atoms with van der Waals surface area (Å²) in [7, 11) is -1.17. The fourth-order valence-corrected chi connectivity index (χ4v) is 4.89. The number of anilines is 1. The minimum atomic E-state index is -4.16. The summed E-state index contributed by atoms with van der Waals surface area (Å²) in [5, 5.41) is 0. The molecule has 0 aliphatic rings. The fourth-order valence-electron chi connectivity index (χ4n) is 3.26. The lowest BCUT2D eigenvalue weighted by Gasteiger charge is -2.31. The highest BCUT2D eigenvalue weighted by Crippen LogP contribution is 2.37. The van der Waals surface area contributed by atoms with Crippen molar-refractivity contribution in [3.63, 3.8) is 0 Å². The van der Waals surface area contributed by atoms with E-state index in [0.717, 1.165) is 16.4 Å². The molecule has 0 bridgehead atoms. The number of nitrogens with zero attached hydrogens (tertiary/aromatic N) is 1. The van der Waals surface area contributed by atoms with Crippen molar-refractivity contribution >= 4 is 15.7 Å². The normalized spacial score (nSPS) is 12.3. The van der Waals surface area contributed by atoms with Crippen LogP contribution in [0.1, 0.15) is 24.1 Å². The van der Waals surface area contributed by atoms with Gasteiger partial charge in [0.2, 0.25) is 0 Å². The Morgan fingerprint density at radius 1 is 0.871 bits per heavy atom. The number of rotatable bonds is 7. The standard InChI is InChI=1S/C23H23F2NO4S/c1-15-5-9-19(14-21(15)25)26(31(27,28)20-10-7-18(24)8-11-20)16(2)17-6-12-22(29-3)23(13-17)30-4/h5-14,16H,1-4H3. The Balaban J connectivity index is 2.18. The van der Waals surface area contributed by atoms with Gasteiger partial charge in [0.05, 0.1) is 30.8 Å². The third kappa shape index (κ3) is 4.49. The summed E-state index contributed by atoms with van der Waals surface area (Å²) >= 11 is 0. The van der Waals surface area contributed by atoms with Crippen LogP contribution in [0.4, 0.5) is 14.5 Å². The number of ether oxygens (including phenoxy) is 2. The fraction of sp³-hybridized carbons (Fsp3) is 0.217. The number of hydrogen-bond acceptors (Lipinski definition) is 4. The summed E-state index contributed by atoms with van der Waals surface area (Å²) in [5.74, 6) is -0.162. The summed E-state index contributed by atoms with van der Waals surface area (Å²) in [6, 6.07) is 13.0. The van der Waals surface area contributed by atoms with E-state index in [1.165, 1.54) is 44.6 Å². The zero-order valence-electron chi connectivity index (χ0n) is 17.6. The largest absolute Gasteiger partial charge is 0.493 e. The maximum absolute atomic E-state index is 14.4. The molecule has 1 unspecified atom stereocenters. The van der Waals surface area contributed by atoms with Crippen molar-refractivity contribution in [3.8, 4) is 11.5 Å². The number of halogens is 2. The van der Waals surface area contributed by atoms with Crippen LogP contribution in [0, 0.1) is 18.6 Å². The van der Waals surface area contributed by atoms with E-state index < -0.39 is 27.7 Å². The Labute approximate surface area is 180 Å². The first-order chi connectivity index (χ1) is 14.7. The van der Waals surface area contributed by atoms with Gasteiger partial charge in [-0.25, -0.2) is 17.2 Å². The highest BCUT2D eigenvalue weighted by molar-refractivity contribution is 7.92. The van der Waals surface area contributed by atoms with E-state index in [2.05, 4.69) is 0 Å². The van der Waals surface area contributed by atoms with Crippen LogP contribution in [-0.4, -0.2) is 22.6 Å². The Morgan fingerprint density at radius 2 is 1.52 bits per heavy atom. The molecule has 31 heavy (non-hydrogen) atoms. The average Bonchev–Trinajstić information content (AvgIpc) is 2.75. The summed E-state index contributed by atoms with van der Waals surface area (Å²) < 4.78 is 66.6. The summed E-state index contributed by atoms with van der Waals surface area (Å²) in [6.07, 6.45) is 0. The van der Waals surface area contributed by atoms with Crippen LogP contribution in [0.3, 0.4) is 0 Å². The van der Waals surface area contributed by atoms with Gasteiger partial charge in [-0.05, 0) is 73.5 Å². The molecule has 3 aromatic rings. The van der Waals surface area contributed by atoms with Gasteiger partial charge < -0.3 is 9.47 Å². The van der Waals surface area contributed by atoms with Gasteiger partial charge in [-0.15, -0.1) is 0 Å². The highest BCUT2D eigenvalue weighted by Gasteiger charge is 2.31. The molecule has 0 fully saturated rings. The molecule has 0 saturated heterocycles. The third-order valence-electron chi connectivity index (χ3n) is 5.02. The van der Waals surface area contributed by atoms with Gasteiger partial charge in [0, 0.05) is 0 Å². The number of methoxy groups -OCH3 is 2. The molecule has 8 heteroatoms. The van der Waals surface area contributed by atoms with Gasteiger partial charge in [-0.1, -0.05) is 12.1 Å². The zero-order chi connectivity index (χ0) is 22.8. The predicted molar refractivity (Wildman–Crippen MR) is 115 cm³/mol. The van der Waals surface area contributed by atoms with Crippen LogP contribution in [-0.2, 0) is 10.0 Å². The van der Waals surface area contributed by atoms with Crippen molar-refractivity contribution in [2.45, 2.75) is 24.8 Å². The molecule has 164 valence electrons. The summed E-state index contributed by atoms with van der Waals surface area (Å²) in [6.45, 7) is 3.27. The molecule has 0 amide bonds. The van der Waals surface area contributed by atoms with Crippen molar-refractivity contribution in [1.29, 1.82) is 0 Å². The molecule has 0 spiro atoms. The maximum atomic E-state index is 14.4. The van der Waals surface area contributed by atoms with E-state index in [1.54, 1.807) is 32.0 Å². The van der Waals surface area contributed by atoms with Crippen molar-refractivity contribution in [1.82, 2.24) is 0 Å². The Kier molecular flexibility index (Phi) is 6.50. The van der Waals surface area contributed by atoms with Gasteiger partial charge in [0.25, 0.3) is 10.0 Å². The van der Waals surface area contributed by atoms with Crippen molar-refractivity contribution in [2.75, 3.05) is 18.5 Å². The molecular formula is C23H23F2NO4S. The van der Waals surface area contributed by atoms with Crippen LogP contribution < -0.4 is 13.8 Å². The first kappa shape index (κ1) is 22.6. The molecule has 3 rings (SSSR count). The minimum absolute atomic E-state index is 0.109. The molecule has 0 saturated carbocycles. The van der Waals surface area contributed by atoms with Gasteiger partial charge in [0.1, 0.15) is 11.6 Å². The first-order valence-corrected chi connectivity index (χ1v) is 10.9. The monoisotopic (exact) mass is 447 g/mol. The predicted octanol–water partition coefficient (Wildman–Crippen LogP) is 5.25. The Morgan fingerprint density at radius 3 is 2.10 bits per heavy atom. The lowest BCUT2D eigenvalue weighted by atomic mass is 10.1. The van der Waals surface area contributed by atoms with E-state index in [1.807, 2.05) is 0 Å². The Hall–Kier alpha value is -3.13. The zero-order valence-corrected chi connectivity index (χ0v) is 18.4. The molecule has 0 radical (unpaired) electrons. The van der Waals surface area contributed by atoms with E-state index in [4.69, 9.17) is 9.47 Å². The smallest absolute Gasteiger partial charge is 0.264 e. The maximum Gasteiger partial charge on any atom is 0.264 e. The molecule has 1 atom stereocenters. The molecule has 0 aliphatic heterocycles. The van der Waals surface area contributed by atoms with Crippen molar-refractivity contribution in [2.24, 2.45) is 0 Å². The van der Waals surface area contributed by atoms with Crippen LogP contribution in [0.5, 0.6) is 11.5 Å². The van der Waals surface area contributed by atoms with Gasteiger partial charge >= 0.3 is 0 Å². The number of hydrogen-bond donors (Lipinski definition) is 0. The lowest BCUT2D eigenvalue weighted by molar-refractivity contribution is 0.354. The number of aryl methyl sites for hydroxylation is 1. The first-order valence-electron chi connectivity index (χ1n) is 9.47. The molecule has 0 aromatic heterocycles. The molecule has 5 nitrogen and oxygen atoms in total. The molecule has 3 aromatic carbocycles. The highest BCUT2D eigenvalue weighted by atomic mass is 32.2. The second-order valence-electron chi connectivity index (χ2n) is 6.98. The molecule has 0 N–H and O–H groups in total. The SMILES string of the molecule is COc1ccc(C(C)N(c2ccc(C)c(F)c2)S(=O)(=O)c2ccc(F)cc2)cc1OC. The van der Waals surface area contributed by atoms with E-state index in [9.17, 15) is 17.2 Å². The van der Waals surface area contributed by atoms with E-state index >= 15 is 0 Å². The van der Waals surface area contributed by atoms with Gasteiger partial charge in [0.15, 0.2) is 11.5 Å². The minimum Gasteiger partial charge on any atom is -0.493 e. The summed E-state index contributed by atoms with van der Waals surface area (Å²) in [5.41, 5.74) is 1.14. The van der Waals surface area contributed by atoms with Crippen LogP contribution >= 0.6 is 0 Å². The molecule has 0 heterocycles. The van der Waals surface area contributed by atoms with Gasteiger partial charge in [-0.3, -0.25) is 4.31 Å². The van der Waals surface area contributed by atoms with Gasteiger partial charge in [-0.2, -0.15) is 0 Å². The Bertz CT molecular complexity index is 1180. The number of benzene rings is 3. The van der Waals surface area contributed by atoms with Crippen molar-refractivity contribution in [3.05, 3.63) is 83.4 Å². The van der Waals surface area contributed by atoms with Crippen LogP contribution in [0.15, 0.2) is 65.6 Å². The van der Waals surface area contributed by atoms with Crippen molar-refractivity contribution < 1.29 is 26.7 Å². The van der Waals surface area contributed by atoms with Crippen LogP contribution in [0.25, 0.3) is 0 Å². The second-order valence-corrected chi connectivity index (χ2v) is 8.79.